The Labute approximate surface area is 72.2 Å². The number of nitrogens with zero attached hydrogens (tertiary/aromatic N) is 1. The van der Waals surface area contributed by atoms with Crippen LogP contribution in [-0.2, 0) is 0 Å². The second-order valence-electron chi connectivity index (χ2n) is 2.91. The number of hydrogen-bond acceptors (Lipinski definition) is 3. The van der Waals surface area contributed by atoms with Crippen LogP contribution >= 0.6 is 0 Å². The van der Waals surface area contributed by atoms with Gasteiger partial charge in [0.2, 0.25) is 0 Å². The minimum absolute atomic E-state index is 0.0950. The molecule has 0 amide bonds. The molecule has 66 valence electrons. The number of rotatable bonds is 3. The lowest BCUT2D eigenvalue weighted by molar-refractivity contribution is 0.276. The van der Waals surface area contributed by atoms with Gasteiger partial charge in [0.05, 0.1) is 0 Å². The summed E-state index contributed by atoms with van der Waals surface area (Å²) >= 11 is 0. The van der Waals surface area contributed by atoms with E-state index in [4.69, 9.17) is 10.8 Å². The van der Waals surface area contributed by atoms with Gasteiger partial charge < -0.3 is 10.8 Å². The molecule has 0 aromatic carbocycles. The van der Waals surface area contributed by atoms with Crippen LogP contribution in [0.3, 0.4) is 0 Å². The largest absolute Gasteiger partial charge is 0.396 e. The molecule has 0 aliphatic rings. The summed E-state index contributed by atoms with van der Waals surface area (Å²) in [6.07, 6.45) is 4.12. The van der Waals surface area contributed by atoms with Gasteiger partial charge in [-0.05, 0) is 24.5 Å². The van der Waals surface area contributed by atoms with Gasteiger partial charge in [-0.15, -0.1) is 0 Å². The third-order valence-corrected chi connectivity index (χ3v) is 1.76. The van der Waals surface area contributed by atoms with E-state index < -0.39 is 0 Å². The van der Waals surface area contributed by atoms with Crippen LogP contribution in [0.5, 0.6) is 0 Å². The fourth-order valence-corrected chi connectivity index (χ4v) is 1.09. The molecule has 1 atom stereocenters. The lowest BCUT2D eigenvalue weighted by Gasteiger charge is -2.09. The molecule has 0 bridgehead atoms. The number of aliphatic hydroxyl groups is 1. The summed E-state index contributed by atoms with van der Waals surface area (Å²) in [4.78, 5) is 4.03. The Bertz CT molecular complexity index is 250. The molecule has 1 rings (SSSR count). The monoisotopic (exact) mass is 166 g/mol. The minimum Gasteiger partial charge on any atom is -0.396 e. The van der Waals surface area contributed by atoms with Gasteiger partial charge >= 0.3 is 0 Å². The van der Waals surface area contributed by atoms with Crippen LogP contribution in [0.25, 0.3) is 0 Å². The molecule has 3 heteroatoms. The molecular formula is C9H14N2O. The molecule has 3 nitrogen and oxygen atoms in total. The lowest BCUT2D eigenvalue weighted by atomic mass is 10.1. The molecule has 0 unspecified atom stereocenters. The Kier molecular flexibility index (Phi) is 3.19. The Balaban J connectivity index is 2.73. The molecule has 1 heterocycles. The summed E-state index contributed by atoms with van der Waals surface area (Å²) in [5.74, 6) is 0. The van der Waals surface area contributed by atoms with Gasteiger partial charge in [-0.1, -0.05) is 6.07 Å². The molecule has 3 N–H and O–H groups in total. The maximum Gasteiger partial charge on any atom is 0.0449 e. The molecule has 1 aromatic heterocycles. The van der Waals surface area contributed by atoms with Crippen molar-refractivity contribution in [3.05, 3.63) is 29.6 Å². The smallest absolute Gasteiger partial charge is 0.0449 e. The average molecular weight is 166 g/mol. The van der Waals surface area contributed by atoms with Crippen molar-refractivity contribution in [1.29, 1.82) is 0 Å². The topological polar surface area (TPSA) is 59.1 Å². The maximum absolute atomic E-state index is 8.67. The molecule has 0 radical (unpaired) electrons. The van der Waals surface area contributed by atoms with Gasteiger partial charge in [-0.25, -0.2) is 0 Å². The molecule has 12 heavy (non-hydrogen) atoms. The first-order chi connectivity index (χ1) is 5.74. The van der Waals surface area contributed by atoms with Gasteiger partial charge in [-0.3, -0.25) is 4.98 Å². The van der Waals surface area contributed by atoms with Crippen LogP contribution in [0.1, 0.15) is 23.6 Å². The van der Waals surface area contributed by atoms with E-state index in [0.717, 1.165) is 11.1 Å². The van der Waals surface area contributed by atoms with E-state index >= 15 is 0 Å². The number of hydrogen-bond donors (Lipinski definition) is 2. The van der Waals surface area contributed by atoms with E-state index in [2.05, 4.69) is 4.98 Å². The maximum atomic E-state index is 8.67. The predicted octanol–water partition coefficient (Wildman–Crippen LogP) is 0.772. The second kappa shape index (κ2) is 4.18. The number of nitrogens with two attached hydrogens (primary N) is 1. The van der Waals surface area contributed by atoms with Crippen molar-refractivity contribution in [1.82, 2.24) is 4.98 Å². The fraction of sp³-hybridized carbons (Fsp3) is 0.444. The third kappa shape index (κ3) is 2.29. The number of aliphatic hydroxyl groups excluding tert-OH is 1. The highest BCUT2D eigenvalue weighted by Gasteiger charge is 2.04. The molecular weight excluding hydrogens is 152 g/mol. The quantitative estimate of drug-likeness (QED) is 0.697. The first kappa shape index (κ1) is 9.16. The van der Waals surface area contributed by atoms with E-state index in [9.17, 15) is 0 Å². The van der Waals surface area contributed by atoms with Crippen molar-refractivity contribution in [3.63, 3.8) is 0 Å². The van der Waals surface area contributed by atoms with E-state index in [0.29, 0.717) is 6.42 Å². The van der Waals surface area contributed by atoms with Gasteiger partial charge in [0.25, 0.3) is 0 Å². The number of pyridine rings is 1. The summed E-state index contributed by atoms with van der Waals surface area (Å²) in [6, 6.07) is 1.90. The van der Waals surface area contributed by atoms with Crippen LogP contribution in [0.4, 0.5) is 0 Å². The van der Waals surface area contributed by atoms with Crippen LogP contribution in [0.15, 0.2) is 18.5 Å². The van der Waals surface area contributed by atoms with E-state index in [1.54, 1.807) is 12.4 Å². The zero-order chi connectivity index (χ0) is 8.97. The zero-order valence-corrected chi connectivity index (χ0v) is 7.20. The van der Waals surface area contributed by atoms with Gasteiger partial charge in [-0.2, -0.15) is 0 Å². The first-order valence-electron chi connectivity index (χ1n) is 4.02. The van der Waals surface area contributed by atoms with Crippen molar-refractivity contribution in [2.24, 2.45) is 5.73 Å². The molecule has 0 aliphatic heterocycles. The summed E-state index contributed by atoms with van der Waals surface area (Å²) in [7, 11) is 0. The molecule has 0 saturated carbocycles. The highest BCUT2D eigenvalue weighted by atomic mass is 16.3. The summed E-state index contributed by atoms with van der Waals surface area (Å²) in [5.41, 5.74) is 7.86. The van der Waals surface area contributed by atoms with Crippen LogP contribution in [-0.4, -0.2) is 16.7 Å². The Morgan fingerprint density at radius 1 is 1.58 bits per heavy atom. The fourth-order valence-electron chi connectivity index (χ4n) is 1.09. The summed E-state index contributed by atoms with van der Waals surface area (Å²) in [5, 5.41) is 8.67. The number of aromatic nitrogens is 1. The third-order valence-electron chi connectivity index (χ3n) is 1.76. The standard InChI is InChI=1S/C9H14N2O/c1-7-4-8(6-11-5-7)9(10)2-3-12/h4-6,9,12H,2-3,10H2,1H3/t9-/m1/s1. The van der Waals surface area contributed by atoms with Crippen molar-refractivity contribution in [3.8, 4) is 0 Å². The predicted molar refractivity (Wildman–Crippen MR) is 47.6 cm³/mol. The Morgan fingerprint density at radius 3 is 2.92 bits per heavy atom. The van der Waals surface area contributed by atoms with Crippen molar-refractivity contribution >= 4 is 0 Å². The first-order valence-corrected chi connectivity index (χ1v) is 4.02. The Hall–Kier alpha value is -0.930. The number of aryl methyl sites for hydroxylation is 1. The van der Waals surface area contributed by atoms with E-state index in [1.807, 2.05) is 13.0 Å². The highest BCUT2D eigenvalue weighted by Crippen LogP contribution is 2.12. The molecule has 0 aliphatic carbocycles. The molecule has 0 spiro atoms. The van der Waals surface area contributed by atoms with Crippen LogP contribution in [0.2, 0.25) is 0 Å². The second-order valence-corrected chi connectivity index (χ2v) is 2.91. The van der Waals surface area contributed by atoms with E-state index in [1.165, 1.54) is 0 Å². The van der Waals surface area contributed by atoms with Crippen molar-refractivity contribution in [2.45, 2.75) is 19.4 Å². The normalized spacial score (nSPS) is 12.9. The van der Waals surface area contributed by atoms with Gasteiger partial charge in [0.15, 0.2) is 0 Å². The average Bonchev–Trinajstić information content (AvgIpc) is 2.05. The summed E-state index contributed by atoms with van der Waals surface area (Å²) in [6.45, 7) is 2.09. The van der Waals surface area contributed by atoms with Crippen LogP contribution < -0.4 is 5.73 Å². The van der Waals surface area contributed by atoms with Crippen LogP contribution in [0, 0.1) is 6.92 Å². The lowest BCUT2D eigenvalue weighted by Crippen LogP contribution is -2.12. The highest BCUT2D eigenvalue weighted by molar-refractivity contribution is 5.19. The SMILES string of the molecule is Cc1cncc([C@H](N)CCO)c1. The van der Waals surface area contributed by atoms with Gasteiger partial charge in [0.1, 0.15) is 0 Å². The van der Waals surface area contributed by atoms with E-state index in [-0.39, 0.29) is 12.6 Å². The zero-order valence-electron chi connectivity index (χ0n) is 7.20. The Morgan fingerprint density at radius 2 is 2.33 bits per heavy atom. The minimum atomic E-state index is -0.0950. The van der Waals surface area contributed by atoms with Crippen molar-refractivity contribution < 1.29 is 5.11 Å². The molecule has 1 aromatic rings. The molecule has 0 fully saturated rings. The molecule has 0 saturated heterocycles. The van der Waals surface area contributed by atoms with Gasteiger partial charge in [0, 0.05) is 25.0 Å². The van der Waals surface area contributed by atoms with Crippen molar-refractivity contribution in [2.75, 3.05) is 6.61 Å². The summed E-state index contributed by atoms with van der Waals surface area (Å²) < 4.78 is 0.